The van der Waals surface area contributed by atoms with Crippen LogP contribution < -0.4 is 11.1 Å². The number of hydrogen-bond donors (Lipinski definition) is 2. The van der Waals surface area contributed by atoms with Crippen LogP contribution in [-0.4, -0.2) is 4.98 Å². The first-order valence-electron chi connectivity index (χ1n) is 6.71. The molecule has 1 unspecified atom stereocenters. The highest BCUT2D eigenvalue weighted by atomic mass is 79.9. The van der Waals surface area contributed by atoms with Gasteiger partial charge in [-0.1, -0.05) is 0 Å². The van der Waals surface area contributed by atoms with Crippen molar-refractivity contribution in [2.75, 3.05) is 11.1 Å². The second kappa shape index (κ2) is 5.41. The molecule has 0 aliphatic carbocycles. The highest BCUT2D eigenvalue weighted by molar-refractivity contribution is 9.10. The van der Waals surface area contributed by atoms with E-state index in [1.165, 1.54) is 0 Å². The van der Waals surface area contributed by atoms with Gasteiger partial charge in [0.25, 0.3) is 0 Å². The Morgan fingerprint density at radius 3 is 2.81 bits per heavy atom. The fourth-order valence-electron chi connectivity index (χ4n) is 2.32. The van der Waals surface area contributed by atoms with Crippen LogP contribution in [0.15, 0.2) is 45.4 Å². The number of furan rings is 1. The van der Waals surface area contributed by atoms with Crippen molar-refractivity contribution in [3.05, 3.63) is 52.5 Å². The van der Waals surface area contributed by atoms with Crippen molar-refractivity contribution in [1.82, 2.24) is 4.98 Å². The van der Waals surface area contributed by atoms with E-state index in [4.69, 9.17) is 10.2 Å². The van der Waals surface area contributed by atoms with Crippen molar-refractivity contribution >= 4 is 38.2 Å². The zero-order valence-corrected chi connectivity index (χ0v) is 13.4. The summed E-state index contributed by atoms with van der Waals surface area (Å²) < 4.78 is 6.57. The van der Waals surface area contributed by atoms with Crippen LogP contribution in [0.1, 0.15) is 24.5 Å². The lowest BCUT2D eigenvalue weighted by Crippen LogP contribution is -2.06. The van der Waals surface area contributed by atoms with Crippen LogP contribution >= 0.6 is 15.9 Å². The van der Waals surface area contributed by atoms with Gasteiger partial charge in [-0.2, -0.15) is 0 Å². The highest BCUT2D eigenvalue weighted by Gasteiger charge is 2.12. The van der Waals surface area contributed by atoms with Gasteiger partial charge in [0.15, 0.2) is 0 Å². The zero-order chi connectivity index (χ0) is 15.0. The van der Waals surface area contributed by atoms with E-state index in [0.717, 1.165) is 32.6 Å². The molecule has 0 aliphatic rings. The van der Waals surface area contributed by atoms with Crippen molar-refractivity contribution in [2.45, 2.75) is 19.9 Å². The van der Waals surface area contributed by atoms with Crippen LogP contribution in [0, 0.1) is 6.92 Å². The van der Waals surface area contributed by atoms with Crippen molar-refractivity contribution in [2.24, 2.45) is 0 Å². The summed E-state index contributed by atoms with van der Waals surface area (Å²) in [6.07, 6.45) is 1.77. The van der Waals surface area contributed by atoms with Crippen molar-refractivity contribution in [3.63, 3.8) is 0 Å². The molecule has 21 heavy (non-hydrogen) atoms. The van der Waals surface area contributed by atoms with Gasteiger partial charge >= 0.3 is 0 Å². The molecule has 5 heteroatoms. The lowest BCUT2D eigenvalue weighted by Gasteiger charge is -2.15. The number of hydrogen-bond acceptors (Lipinski definition) is 4. The molecule has 0 amide bonds. The average Bonchev–Trinajstić information content (AvgIpc) is 2.89. The average molecular weight is 346 g/mol. The number of nitrogen functional groups attached to an aromatic ring is 1. The van der Waals surface area contributed by atoms with E-state index < -0.39 is 0 Å². The summed E-state index contributed by atoms with van der Waals surface area (Å²) >= 11 is 3.43. The van der Waals surface area contributed by atoms with Gasteiger partial charge in [-0.3, -0.25) is 4.98 Å². The number of aryl methyl sites for hydroxylation is 1. The van der Waals surface area contributed by atoms with E-state index in [0.29, 0.717) is 5.69 Å². The number of rotatable bonds is 3. The molecular formula is C16H16BrN3O. The largest absolute Gasteiger partial charge is 0.464 e. The lowest BCUT2D eigenvalue weighted by molar-refractivity contribution is 0.467. The van der Waals surface area contributed by atoms with E-state index in [9.17, 15) is 0 Å². The second-order valence-electron chi connectivity index (χ2n) is 5.07. The lowest BCUT2D eigenvalue weighted by atomic mass is 10.1. The minimum absolute atomic E-state index is 0.0518. The molecular weight excluding hydrogens is 330 g/mol. The first-order chi connectivity index (χ1) is 10.0. The van der Waals surface area contributed by atoms with Gasteiger partial charge in [0, 0.05) is 21.7 Å². The number of aromatic nitrogens is 1. The minimum Gasteiger partial charge on any atom is -0.464 e. The Balaban J connectivity index is 1.99. The Morgan fingerprint density at radius 2 is 2.10 bits per heavy atom. The quantitative estimate of drug-likeness (QED) is 0.678. The standard InChI is InChI=1S/C16H16BrN3O/c1-9-3-6-15(21-9)10(2)20-14-5-4-13(18)12-7-11(17)8-19-16(12)14/h3-8,10,20H,18H2,1-2H3. The summed E-state index contributed by atoms with van der Waals surface area (Å²) in [5, 5.41) is 4.36. The van der Waals surface area contributed by atoms with Crippen LogP contribution in [-0.2, 0) is 0 Å². The Kier molecular flexibility index (Phi) is 3.59. The molecule has 0 spiro atoms. The Labute approximate surface area is 131 Å². The summed E-state index contributed by atoms with van der Waals surface area (Å²) in [5.74, 6) is 1.80. The molecule has 2 heterocycles. The van der Waals surface area contributed by atoms with Crippen molar-refractivity contribution < 1.29 is 4.42 Å². The first kappa shape index (κ1) is 13.9. The maximum Gasteiger partial charge on any atom is 0.126 e. The Bertz CT molecular complexity index is 797. The fraction of sp³-hybridized carbons (Fsp3) is 0.188. The van der Waals surface area contributed by atoms with Gasteiger partial charge in [0.05, 0.1) is 17.2 Å². The first-order valence-corrected chi connectivity index (χ1v) is 7.50. The van der Waals surface area contributed by atoms with Gasteiger partial charge in [-0.15, -0.1) is 0 Å². The second-order valence-corrected chi connectivity index (χ2v) is 5.98. The minimum atomic E-state index is 0.0518. The van der Waals surface area contributed by atoms with Crippen LogP contribution in [0.3, 0.4) is 0 Å². The topological polar surface area (TPSA) is 64.1 Å². The third-order valence-electron chi connectivity index (χ3n) is 3.41. The number of fused-ring (bicyclic) bond motifs is 1. The van der Waals surface area contributed by atoms with E-state index in [1.54, 1.807) is 6.20 Å². The maximum atomic E-state index is 6.03. The maximum absolute atomic E-state index is 6.03. The van der Waals surface area contributed by atoms with E-state index in [1.807, 2.05) is 37.3 Å². The number of benzene rings is 1. The number of pyridine rings is 1. The molecule has 0 aliphatic heterocycles. The Hall–Kier alpha value is -2.01. The molecule has 3 aromatic rings. The summed E-state index contributed by atoms with van der Waals surface area (Å²) in [5.41, 5.74) is 8.54. The Morgan fingerprint density at radius 1 is 1.29 bits per heavy atom. The van der Waals surface area contributed by atoms with Crippen molar-refractivity contribution in [1.29, 1.82) is 0 Å². The van der Waals surface area contributed by atoms with Crippen LogP contribution in [0.5, 0.6) is 0 Å². The molecule has 0 radical (unpaired) electrons. The van der Waals surface area contributed by atoms with E-state index >= 15 is 0 Å². The molecule has 1 atom stereocenters. The highest BCUT2D eigenvalue weighted by Crippen LogP contribution is 2.31. The third-order valence-corrected chi connectivity index (χ3v) is 3.84. The number of nitrogens with two attached hydrogens (primary N) is 1. The third kappa shape index (κ3) is 2.74. The molecule has 3 N–H and O–H groups in total. The van der Waals surface area contributed by atoms with Gasteiger partial charge in [0.1, 0.15) is 11.5 Å². The number of nitrogens with one attached hydrogen (secondary N) is 1. The molecule has 108 valence electrons. The molecule has 4 nitrogen and oxygen atoms in total. The number of nitrogens with zero attached hydrogens (tertiary/aromatic N) is 1. The van der Waals surface area contributed by atoms with Crippen molar-refractivity contribution in [3.8, 4) is 0 Å². The van der Waals surface area contributed by atoms with Gasteiger partial charge in [-0.05, 0) is 60.1 Å². The predicted molar refractivity (Wildman–Crippen MR) is 89.3 cm³/mol. The van der Waals surface area contributed by atoms with Gasteiger partial charge < -0.3 is 15.5 Å². The normalized spacial score (nSPS) is 12.5. The van der Waals surface area contributed by atoms with Crippen LogP contribution in [0.4, 0.5) is 11.4 Å². The van der Waals surface area contributed by atoms with E-state index in [-0.39, 0.29) is 6.04 Å². The van der Waals surface area contributed by atoms with Crippen LogP contribution in [0.25, 0.3) is 10.9 Å². The van der Waals surface area contributed by atoms with Crippen LogP contribution in [0.2, 0.25) is 0 Å². The molecule has 0 bridgehead atoms. The monoisotopic (exact) mass is 345 g/mol. The summed E-state index contributed by atoms with van der Waals surface area (Å²) in [7, 11) is 0. The predicted octanol–water partition coefficient (Wildman–Crippen LogP) is 4.65. The van der Waals surface area contributed by atoms with E-state index in [2.05, 4.69) is 33.2 Å². The molecule has 0 saturated carbocycles. The molecule has 3 rings (SSSR count). The SMILES string of the molecule is Cc1ccc(C(C)Nc2ccc(N)c3cc(Br)cnc23)o1. The summed E-state index contributed by atoms with van der Waals surface area (Å²) in [6.45, 7) is 3.99. The van der Waals surface area contributed by atoms with Gasteiger partial charge in [0.2, 0.25) is 0 Å². The smallest absolute Gasteiger partial charge is 0.126 e. The van der Waals surface area contributed by atoms with Gasteiger partial charge in [-0.25, -0.2) is 0 Å². The summed E-state index contributed by atoms with van der Waals surface area (Å²) in [4.78, 5) is 4.47. The number of anilines is 2. The molecule has 0 fully saturated rings. The zero-order valence-electron chi connectivity index (χ0n) is 11.9. The molecule has 0 saturated heterocycles. The fourth-order valence-corrected chi connectivity index (χ4v) is 2.65. The number of halogens is 1. The summed E-state index contributed by atoms with van der Waals surface area (Å²) in [6, 6.07) is 9.81. The molecule has 2 aromatic heterocycles. The molecule has 1 aromatic carbocycles.